The zero-order valence-electron chi connectivity index (χ0n) is 19.3. The monoisotopic (exact) mass is 442 g/mol. The number of carbonyl (C=O) groups excluding carboxylic acids is 2. The summed E-state index contributed by atoms with van der Waals surface area (Å²) in [4.78, 5) is 36.9. The number of amides is 2. The first kappa shape index (κ1) is 22.6. The maximum absolute atomic E-state index is 13.1. The minimum atomic E-state index is -0.195. The molecule has 1 N–H and O–H groups in total. The second-order valence-corrected chi connectivity index (χ2v) is 8.66. The number of piperidine rings is 1. The lowest BCUT2D eigenvalue weighted by Crippen LogP contribution is -2.40. The second-order valence-electron chi connectivity index (χ2n) is 8.66. The van der Waals surface area contributed by atoms with E-state index < -0.39 is 0 Å². The first-order chi connectivity index (χ1) is 16.0. The zero-order chi connectivity index (χ0) is 23.2. The van der Waals surface area contributed by atoms with Crippen molar-refractivity contribution in [1.29, 1.82) is 0 Å². The number of aryl methyl sites for hydroxylation is 2. The van der Waals surface area contributed by atoms with Crippen LogP contribution in [0.1, 0.15) is 63.9 Å². The fourth-order valence-corrected chi connectivity index (χ4v) is 4.34. The van der Waals surface area contributed by atoms with Crippen molar-refractivity contribution in [3.8, 4) is 0 Å². The Balaban J connectivity index is 1.46. The van der Waals surface area contributed by atoms with Crippen LogP contribution in [-0.2, 0) is 17.8 Å². The number of rotatable bonds is 6. The van der Waals surface area contributed by atoms with E-state index in [9.17, 15) is 9.59 Å². The van der Waals surface area contributed by atoms with Gasteiger partial charge in [-0.15, -0.1) is 0 Å². The van der Waals surface area contributed by atoms with Crippen molar-refractivity contribution in [2.24, 2.45) is 0 Å². The Morgan fingerprint density at radius 3 is 2.58 bits per heavy atom. The summed E-state index contributed by atoms with van der Waals surface area (Å²) in [5.74, 6) is 0.513. The van der Waals surface area contributed by atoms with Gasteiger partial charge < -0.3 is 10.2 Å². The summed E-state index contributed by atoms with van der Waals surface area (Å²) in [6.07, 6.45) is 4.81. The van der Waals surface area contributed by atoms with E-state index in [1.54, 1.807) is 6.20 Å². The molecule has 2 heterocycles. The Kier molecular flexibility index (Phi) is 7.13. The molecular weight excluding hydrogens is 412 g/mol. The van der Waals surface area contributed by atoms with Gasteiger partial charge in [-0.05, 0) is 44.2 Å². The van der Waals surface area contributed by atoms with E-state index in [1.807, 2.05) is 67.3 Å². The highest BCUT2D eigenvalue weighted by molar-refractivity contribution is 5.94. The molecule has 1 saturated heterocycles. The largest absolute Gasteiger partial charge is 0.348 e. The van der Waals surface area contributed by atoms with Gasteiger partial charge >= 0.3 is 0 Å². The number of benzene rings is 2. The van der Waals surface area contributed by atoms with Crippen molar-refractivity contribution in [2.45, 2.75) is 52.1 Å². The van der Waals surface area contributed by atoms with Crippen LogP contribution in [0.15, 0.2) is 60.8 Å². The molecule has 1 aliphatic rings. The minimum Gasteiger partial charge on any atom is -0.348 e. The molecule has 1 aliphatic heterocycles. The summed E-state index contributed by atoms with van der Waals surface area (Å²) in [5.41, 5.74) is 4.29. The van der Waals surface area contributed by atoms with E-state index in [0.29, 0.717) is 36.6 Å². The Bertz CT molecular complexity index is 1130. The van der Waals surface area contributed by atoms with Crippen LogP contribution in [0.25, 0.3) is 0 Å². The third kappa shape index (κ3) is 5.64. The zero-order valence-corrected chi connectivity index (χ0v) is 19.3. The third-order valence-corrected chi connectivity index (χ3v) is 6.10. The van der Waals surface area contributed by atoms with Crippen LogP contribution in [0.4, 0.5) is 0 Å². The summed E-state index contributed by atoms with van der Waals surface area (Å²) in [6, 6.07) is 17.7. The maximum Gasteiger partial charge on any atom is 0.254 e. The lowest BCUT2D eigenvalue weighted by Gasteiger charge is -2.35. The molecule has 6 nitrogen and oxygen atoms in total. The van der Waals surface area contributed by atoms with Crippen molar-refractivity contribution in [3.05, 3.63) is 94.6 Å². The highest BCUT2D eigenvalue weighted by atomic mass is 16.2. The molecule has 33 heavy (non-hydrogen) atoms. The number of likely N-dealkylation sites (tertiary alicyclic amines) is 1. The number of nitrogens with zero attached hydrogens (tertiary/aromatic N) is 3. The van der Waals surface area contributed by atoms with Crippen LogP contribution in [0.5, 0.6) is 0 Å². The van der Waals surface area contributed by atoms with Gasteiger partial charge in [0.2, 0.25) is 5.91 Å². The summed E-state index contributed by atoms with van der Waals surface area (Å²) in [7, 11) is 0. The summed E-state index contributed by atoms with van der Waals surface area (Å²) >= 11 is 0. The normalized spacial score (nSPS) is 15.8. The van der Waals surface area contributed by atoms with Crippen molar-refractivity contribution >= 4 is 11.8 Å². The van der Waals surface area contributed by atoms with Crippen LogP contribution >= 0.6 is 0 Å². The number of hydrogen-bond acceptors (Lipinski definition) is 4. The van der Waals surface area contributed by atoms with Crippen LogP contribution in [0.3, 0.4) is 0 Å². The Morgan fingerprint density at radius 1 is 1.03 bits per heavy atom. The topological polar surface area (TPSA) is 75.2 Å². The molecule has 4 rings (SSSR count). The SMILES string of the molecule is Cc1cccc(CC(=O)N2CCCC[C@H]2c2ncc(C(=O)NCc3ccccc3)c(C)n2)c1. The van der Waals surface area contributed by atoms with Crippen LogP contribution in [-0.4, -0.2) is 33.2 Å². The molecule has 2 amide bonds. The van der Waals surface area contributed by atoms with Gasteiger partial charge in [0.1, 0.15) is 0 Å². The molecule has 6 heteroatoms. The Labute approximate surface area is 195 Å². The number of carbonyl (C=O) groups is 2. The predicted molar refractivity (Wildman–Crippen MR) is 128 cm³/mol. The molecule has 0 radical (unpaired) electrons. The molecule has 0 bridgehead atoms. The Hall–Kier alpha value is -3.54. The summed E-state index contributed by atoms with van der Waals surface area (Å²) in [6.45, 7) is 5.01. The lowest BCUT2D eigenvalue weighted by atomic mass is 9.99. The maximum atomic E-state index is 13.1. The van der Waals surface area contributed by atoms with Crippen molar-refractivity contribution < 1.29 is 9.59 Å². The molecule has 0 unspecified atom stereocenters. The quantitative estimate of drug-likeness (QED) is 0.617. The van der Waals surface area contributed by atoms with Gasteiger partial charge in [-0.2, -0.15) is 0 Å². The van der Waals surface area contributed by atoms with E-state index in [1.165, 1.54) is 0 Å². The Morgan fingerprint density at radius 2 is 1.82 bits per heavy atom. The minimum absolute atomic E-state index is 0.0937. The second kappa shape index (κ2) is 10.4. The molecule has 0 spiro atoms. The molecule has 0 saturated carbocycles. The van der Waals surface area contributed by atoms with Crippen molar-refractivity contribution in [1.82, 2.24) is 20.2 Å². The highest BCUT2D eigenvalue weighted by Gasteiger charge is 2.30. The number of nitrogens with one attached hydrogen (secondary N) is 1. The number of hydrogen-bond donors (Lipinski definition) is 1. The van der Waals surface area contributed by atoms with Crippen LogP contribution in [0.2, 0.25) is 0 Å². The van der Waals surface area contributed by atoms with E-state index in [0.717, 1.165) is 36.0 Å². The van der Waals surface area contributed by atoms with Crippen LogP contribution < -0.4 is 5.32 Å². The fraction of sp³-hybridized carbons (Fsp3) is 0.333. The van der Waals surface area contributed by atoms with Gasteiger partial charge in [-0.25, -0.2) is 9.97 Å². The first-order valence-electron chi connectivity index (χ1n) is 11.5. The molecule has 1 fully saturated rings. The van der Waals surface area contributed by atoms with Crippen molar-refractivity contribution in [3.63, 3.8) is 0 Å². The fourth-order valence-electron chi connectivity index (χ4n) is 4.34. The van der Waals surface area contributed by atoms with Gasteiger partial charge in [0.05, 0.1) is 23.7 Å². The molecule has 170 valence electrons. The van der Waals surface area contributed by atoms with Gasteiger partial charge in [-0.3, -0.25) is 9.59 Å². The summed E-state index contributed by atoms with van der Waals surface area (Å²) in [5, 5.41) is 2.93. The summed E-state index contributed by atoms with van der Waals surface area (Å²) < 4.78 is 0. The molecule has 2 aromatic carbocycles. The van der Waals surface area contributed by atoms with Crippen molar-refractivity contribution in [2.75, 3.05) is 6.54 Å². The molecule has 3 aromatic rings. The van der Waals surface area contributed by atoms with Crippen LogP contribution in [0, 0.1) is 13.8 Å². The van der Waals surface area contributed by atoms with Gasteiger partial charge in [-0.1, -0.05) is 60.2 Å². The number of aromatic nitrogens is 2. The molecule has 1 atom stereocenters. The standard InChI is InChI=1S/C27H30N4O2/c1-19-9-8-12-22(15-19)16-25(32)31-14-7-6-13-24(31)26-28-18-23(20(2)30-26)27(33)29-17-21-10-4-3-5-11-21/h3-5,8-12,15,18,24H,6-7,13-14,16-17H2,1-2H3,(H,29,33)/t24-/m0/s1. The van der Waals surface area contributed by atoms with E-state index in [-0.39, 0.29) is 17.9 Å². The average molecular weight is 443 g/mol. The smallest absolute Gasteiger partial charge is 0.254 e. The lowest BCUT2D eigenvalue weighted by molar-refractivity contribution is -0.134. The molecule has 0 aliphatic carbocycles. The van der Waals surface area contributed by atoms with Gasteiger partial charge in [0.15, 0.2) is 5.82 Å². The van der Waals surface area contributed by atoms with Gasteiger partial charge in [0, 0.05) is 19.3 Å². The molecule has 1 aromatic heterocycles. The van der Waals surface area contributed by atoms with E-state index in [2.05, 4.69) is 21.4 Å². The average Bonchev–Trinajstić information content (AvgIpc) is 2.83. The van der Waals surface area contributed by atoms with Gasteiger partial charge in [0.25, 0.3) is 5.91 Å². The van der Waals surface area contributed by atoms with E-state index >= 15 is 0 Å². The first-order valence-corrected chi connectivity index (χ1v) is 11.5. The third-order valence-electron chi connectivity index (χ3n) is 6.10. The van der Waals surface area contributed by atoms with E-state index in [4.69, 9.17) is 0 Å². The highest BCUT2D eigenvalue weighted by Crippen LogP contribution is 2.30. The predicted octanol–water partition coefficient (Wildman–Crippen LogP) is 4.32. The molecular formula is C27H30N4O2.